The lowest BCUT2D eigenvalue weighted by molar-refractivity contribution is 0.284. The van der Waals surface area contributed by atoms with E-state index in [0.717, 1.165) is 11.1 Å². The van der Waals surface area contributed by atoms with Gasteiger partial charge in [0.2, 0.25) is 0 Å². The number of hydrogen-bond acceptors (Lipinski definition) is 6. The maximum atomic E-state index is 13.5. The fraction of sp³-hybridized carbons (Fsp3) is 0.0667. The van der Waals surface area contributed by atoms with Gasteiger partial charge in [0.05, 0.1) is 35.9 Å². The average Bonchev–Trinajstić information content (AvgIpc) is 2.96. The first-order valence-electron chi connectivity index (χ1n) is 11.7. The fourth-order valence-corrected chi connectivity index (χ4v) is 4.24. The van der Waals surface area contributed by atoms with E-state index in [1.165, 1.54) is 18.0 Å². The van der Waals surface area contributed by atoms with Gasteiger partial charge < -0.3 is 9.47 Å². The van der Waals surface area contributed by atoms with Crippen molar-refractivity contribution in [1.29, 1.82) is 5.26 Å². The highest BCUT2D eigenvalue weighted by Crippen LogP contribution is 2.35. The molecule has 0 fully saturated rings. The minimum atomic E-state index is -0.315. The van der Waals surface area contributed by atoms with Gasteiger partial charge in [-0.3, -0.25) is 4.79 Å². The highest BCUT2D eigenvalue weighted by Gasteiger charge is 2.15. The lowest BCUT2D eigenvalue weighted by Gasteiger charge is -2.15. The molecule has 5 aromatic rings. The third-order valence-electron chi connectivity index (χ3n) is 5.88. The SMILES string of the molecule is COc1cc(Cl)cc(C=Nn2c(-c3ccccc3)nc3ccccc3c2=O)c1OCc1ccccc1C#N. The first-order valence-corrected chi connectivity index (χ1v) is 12.1. The lowest BCUT2D eigenvalue weighted by atomic mass is 10.1. The second kappa shape index (κ2) is 11.0. The Balaban J connectivity index is 1.62. The Bertz CT molecular complexity index is 1760. The molecule has 0 N–H and O–H groups in total. The van der Waals surface area contributed by atoms with Crippen LogP contribution in [-0.4, -0.2) is 23.0 Å². The molecule has 0 amide bonds. The minimum absolute atomic E-state index is 0.120. The van der Waals surface area contributed by atoms with E-state index < -0.39 is 0 Å². The summed E-state index contributed by atoms with van der Waals surface area (Å²) in [5.41, 5.74) is 2.72. The van der Waals surface area contributed by atoms with E-state index in [9.17, 15) is 10.1 Å². The molecule has 0 atom stereocenters. The molecule has 0 aliphatic heterocycles. The Labute approximate surface area is 223 Å². The molecule has 0 unspecified atom stereocenters. The molecule has 0 aliphatic rings. The van der Waals surface area contributed by atoms with E-state index in [4.69, 9.17) is 26.1 Å². The van der Waals surface area contributed by atoms with Crippen LogP contribution in [0.25, 0.3) is 22.3 Å². The zero-order chi connectivity index (χ0) is 26.5. The summed E-state index contributed by atoms with van der Waals surface area (Å²) in [6, 6.07) is 29.2. The minimum Gasteiger partial charge on any atom is -0.493 e. The number of benzene rings is 4. The molecule has 8 heteroatoms. The molecule has 5 rings (SSSR count). The van der Waals surface area contributed by atoms with Gasteiger partial charge in [-0.1, -0.05) is 72.3 Å². The molecule has 7 nitrogen and oxygen atoms in total. The summed E-state index contributed by atoms with van der Waals surface area (Å²) in [7, 11) is 1.51. The van der Waals surface area contributed by atoms with Crippen molar-refractivity contribution < 1.29 is 9.47 Å². The van der Waals surface area contributed by atoms with Crippen molar-refractivity contribution in [2.75, 3.05) is 7.11 Å². The van der Waals surface area contributed by atoms with E-state index in [0.29, 0.717) is 44.4 Å². The summed E-state index contributed by atoms with van der Waals surface area (Å²) in [5.74, 6) is 1.15. The van der Waals surface area contributed by atoms with E-state index in [2.05, 4.69) is 11.2 Å². The van der Waals surface area contributed by atoms with E-state index in [-0.39, 0.29) is 12.2 Å². The van der Waals surface area contributed by atoms with Gasteiger partial charge in [-0.05, 0) is 24.3 Å². The number of para-hydroxylation sites is 1. The first kappa shape index (κ1) is 24.8. The van der Waals surface area contributed by atoms with Gasteiger partial charge in [0, 0.05) is 27.8 Å². The van der Waals surface area contributed by atoms with E-state index >= 15 is 0 Å². The van der Waals surface area contributed by atoms with Crippen molar-refractivity contribution in [3.05, 3.63) is 123 Å². The van der Waals surface area contributed by atoms with Crippen molar-refractivity contribution in [3.8, 4) is 29.0 Å². The zero-order valence-corrected chi connectivity index (χ0v) is 21.1. The number of methoxy groups -OCH3 is 1. The van der Waals surface area contributed by atoms with Crippen LogP contribution in [-0.2, 0) is 6.61 Å². The molecule has 1 aromatic heterocycles. The van der Waals surface area contributed by atoms with Crippen molar-refractivity contribution in [1.82, 2.24) is 9.66 Å². The van der Waals surface area contributed by atoms with Gasteiger partial charge >= 0.3 is 0 Å². The van der Waals surface area contributed by atoms with Crippen LogP contribution in [0.2, 0.25) is 5.02 Å². The molecular formula is C30H21ClN4O3. The monoisotopic (exact) mass is 520 g/mol. The molecule has 0 aliphatic carbocycles. The number of fused-ring (bicyclic) bond motifs is 1. The van der Waals surface area contributed by atoms with Gasteiger partial charge in [0.25, 0.3) is 5.56 Å². The van der Waals surface area contributed by atoms with Gasteiger partial charge in [-0.2, -0.15) is 15.0 Å². The lowest BCUT2D eigenvalue weighted by Crippen LogP contribution is -2.20. The topological polar surface area (TPSA) is 89.5 Å². The predicted molar refractivity (Wildman–Crippen MR) is 148 cm³/mol. The van der Waals surface area contributed by atoms with Crippen LogP contribution >= 0.6 is 11.6 Å². The van der Waals surface area contributed by atoms with Crippen molar-refractivity contribution >= 4 is 28.7 Å². The van der Waals surface area contributed by atoms with Crippen LogP contribution in [0.1, 0.15) is 16.7 Å². The van der Waals surface area contributed by atoms with Crippen molar-refractivity contribution in [3.63, 3.8) is 0 Å². The molecular weight excluding hydrogens is 500 g/mol. The van der Waals surface area contributed by atoms with Gasteiger partial charge in [-0.25, -0.2) is 4.98 Å². The Hall–Kier alpha value is -4.93. The number of nitrogens with zero attached hydrogens (tertiary/aromatic N) is 4. The molecule has 4 aromatic carbocycles. The molecule has 0 radical (unpaired) electrons. The average molecular weight is 521 g/mol. The van der Waals surface area contributed by atoms with Gasteiger partial charge in [0.1, 0.15) is 6.61 Å². The predicted octanol–water partition coefficient (Wildman–Crippen LogP) is 6.06. The summed E-state index contributed by atoms with van der Waals surface area (Å²) in [6.07, 6.45) is 1.49. The first-order chi connectivity index (χ1) is 18.6. The third-order valence-corrected chi connectivity index (χ3v) is 6.09. The summed E-state index contributed by atoms with van der Waals surface area (Å²) in [4.78, 5) is 18.2. The van der Waals surface area contributed by atoms with Crippen LogP contribution in [0.4, 0.5) is 0 Å². The van der Waals surface area contributed by atoms with Crippen LogP contribution in [0, 0.1) is 11.3 Å². The molecule has 0 bridgehead atoms. The van der Waals surface area contributed by atoms with Crippen LogP contribution in [0.5, 0.6) is 11.5 Å². The number of nitriles is 1. The summed E-state index contributed by atoms with van der Waals surface area (Å²) in [5, 5.41) is 14.8. The normalized spacial score (nSPS) is 11.0. The second-order valence-electron chi connectivity index (χ2n) is 8.26. The summed E-state index contributed by atoms with van der Waals surface area (Å²) < 4.78 is 12.9. The quantitative estimate of drug-likeness (QED) is 0.243. The molecule has 1 heterocycles. The Morgan fingerprint density at radius 1 is 1.03 bits per heavy atom. The van der Waals surface area contributed by atoms with Gasteiger partial charge in [-0.15, -0.1) is 0 Å². The van der Waals surface area contributed by atoms with E-state index in [1.807, 2.05) is 48.5 Å². The number of hydrogen-bond donors (Lipinski definition) is 0. The standard InChI is InChI=1S/C30H21ClN4O3/c1-37-27-16-24(31)15-23(28(27)38-19-22-12-6-5-11-21(22)17-32)18-33-35-29(20-9-3-2-4-10-20)34-26-14-8-7-13-25(26)30(35)36/h2-16,18H,19H2,1H3. The van der Waals surface area contributed by atoms with Gasteiger partial charge in [0.15, 0.2) is 17.3 Å². The Morgan fingerprint density at radius 2 is 1.76 bits per heavy atom. The smallest absolute Gasteiger partial charge is 0.282 e. The second-order valence-corrected chi connectivity index (χ2v) is 8.70. The molecule has 186 valence electrons. The van der Waals surface area contributed by atoms with E-state index in [1.54, 1.807) is 42.5 Å². The zero-order valence-electron chi connectivity index (χ0n) is 20.3. The fourth-order valence-electron chi connectivity index (χ4n) is 4.02. The number of aromatic nitrogens is 2. The van der Waals surface area contributed by atoms with Crippen molar-refractivity contribution in [2.24, 2.45) is 5.10 Å². The highest BCUT2D eigenvalue weighted by molar-refractivity contribution is 6.31. The highest BCUT2D eigenvalue weighted by atomic mass is 35.5. The number of halogens is 1. The maximum absolute atomic E-state index is 13.5. The molecule has 0 saturated heterocycles. The third kappa shape index (κ3) is 4.99. The molecule has 38 heavy (non-hydrogen) atoms. The van der Waals surface area contributed by atoms with Crippen LogP contribution < -0.4 is 15.0 Å². The van der Waals surface area contributed by atoms with Crippen LogP contribution in [0.3, 0.4) is 0 Å². The number of rotatable bonds is 7. The molecule has 0 saturated carbocycles. The number of ether oxygens (including phenoxy) is 2. The maximum Gasteiger partial charge on any atom is 0.282 e. The van der Waals surface area contributed by atoms with Crippen LogP contribution in [0.15, 0.2) is 101 Å². The largest absolute Gasteiger partial charge is 0.493 e. The van der Waals surface area contributed by atoms with Crippen molar-refractivity contribution in [2.45, 2.75) is 6.61 Å². The Morgan fingerprint density at radius 3 is 2.55 bits per heavy atom. The summed E-state index contributed by atoms with van der Waals surface area (Å²) >= 11 is 6.36. The Kier molecular flexibility index (Phi) is 7.16. The summed E-state index contributed by atoms with van der Waals surface area (Å²) in [6.45, 7) is 0.120. The molecule has 0 spiro atoms.